The van der Waals surface area contributed by atoms with Gasteiger partial charge in [-0.15, -0.1) is 11.3 Å². The molecule has 5 rings (SSSR count). The second kappa shape index (κ2) is 6.63. The Labute approximate surface area is 166 Å². The van der Waals surface area contributed by atoms with E-state index in [2.05, 4.69) is 24.3 Å². The second-order valence-electron chi connectivity index (χ2n) is 6.70. The summed E-state index contributed by atoms with van der Waals surface area (Å²) < 4.78 is 2.38. The summed E-state index contributed by atoms with van der Waals surface area (Å²) in [5.74, 6) is 0.107. The molecule has 1 heterocycles. The number of hydrogen-bond donors (Lipinski definition) is 1. The summed E-state index contributed by atoms with van der Waals surface area (Å²) in [5, 5.41) is 11.9. The van der Waals surface area contributed by atoms with Crippen molar-refractivity contribution < 1.29 is 9.90 Å². The average molecular weight is 380 g/mol. The quantitative estimate of drug-likeness (QED) is 0.355. The maximum Gasteiger partial charge on any atom is 0.193 e. The summed E-state index contributed by atoms with van der Waals surface area (Å²) in [7, 11) is 0. The van der Waals surface area contributed by atoms with Crippen LogP contribution < -0.4 is 0 Å². The Hall–Kier alpha value is -3.43. The fourth-order valence-electron chi connectivity index (χ4n) is 3.68. The molecule has 0 amide bonds. The summed E-state index contributed by atoms with van der Waals surface area (Å²) in [6.45, 7) is 0. The van der Waals surface area contributed by atoms with Gasteiger partial charge in [0.2, 0.25) is 0 Å². The minimum absolute atomic E-state index is 0.0453. The molecule has 0 radical (unpaired) electrons. The van der Waals surface area contributed by atoms with E-state index in [4.69, 9.17) is 0 Å². The number of phenolic OH excluding ortho intramolecular Hbond substituents is 1. The summed E-state index contributed by atoms with van der Waals surface area (Å²) >= 11 is 1.74. The summed E-state index contributed by atoms with van der Waals surface area (Å²) in [5.41, 5.74) is 3.23. The molecule has 1 N–H and O–H groups in total. The van der Waals surface area contributed by atoms with Crippen LogP contribution in [0, 0.1) is 0 Å². The fraction of sp³-hybridized carbons (Fsp3) is 0. The molecule has 0 saturated carbocycles. The predicted molar refractivity (Wildman–Crippen MR) is 116 cm³/mol. The van der Waals surface area contributed by atoms with Crippen molar-refractivity contribution in [3.05, 3.63) is 102 Å². The van der Waals surface area contributed by atoms with E-state index in [1.54, 1.807) is 35.6 Å². The lowest BCUT2D eigenvalue weighted by Gasteiger charge is -2.12. The summed E-state index contributed by atoms with van der Waals surface area (Å²) in [6.07, 6.45) is 0. The highest BCUT2D eigenvalue weighted by atomic mass is 32.1. The van der Waals surface area contributed by atoms with Crippen LogP contribution in [0.2, 0.25) is 0 Å². The van der Waals surface area contributed by atoms with Gasteiger partial charge in [0.1, 0.15) is 5.75 Å². The number of rotatable bonds is 3. The van der Waals surface area contributed by atoms with Crippen molar-refractivity contribution in [3.63, 3.8) is 0 Å². The van der Waals surface area contributed by atoms with Gasteiger partial charge in [-0.2, -0.15) is 0 Å². The average Bonchev–Trinajstić information content (AvgIpc) is 3.12. The van der Waals surface area contributed by atoms with Gasteiger partial charge in [-0.05, 0) is 48.0 Å². The molecule has 0 bridgehead atoms. The Bertz CT molecular complexity index is 1320. The molecule has 0 aliphatic rings. The molecule has 134 valence electrons. The first kappa shape index (κ1) is 16.7. The molecular weight excluding hydrogens is 364 g/mol. The van der Waals surface area contributed by atoms with Crippen molar-refractivity contribution in [2.24, 2.45) is 0 Å². The second-order valence-corrected chi connectivity index (χ2v) is 7.79. The third-order valence-corrected chi connectivity index (χ3v) is 6.12. The van der Waals surface area contributed by atoms with Gasteiger partial charge >= 0.3 is 0 Å². The van der Waals surface area contributed by atoms with Crippen molar-refractivity contribution in [2.45, 2.75) is 0 Å². The van der Waals surface area contributed by atoms with Gasteiger partial charge in [0.15, 0.2) is 5.78 Å². The van der Waals surface area contributed by atoms with Crippen LogP contribution in [0.5, 0.6) is 5.75 Å². The van der Waals surface area contributed by atoms with Crippen LogP contribution in [-0.4, -0.2) is 10.9 Å². The number of fused-ring (bicyclic) bond motifs is 3. The Morgan fingerprint density at radius 2 is 1.43 bits per heavy atom. The maximum absolute atomic E-state index is 13.4. The van der Waals surface area contributed by atoms with Crippen LogP contribution in [0.4, 0.5) is 0 Å². The highest BCUT2D eigenvalue weighted by Gasteiger charge is 2.20. The van der Waals surface area contributed by atoms with E-state index in [1.165, 1.54) is 14.8 Å². The van der Waals surface area contributed by atoms with Crippen LogP contribution in [0.1, 0.15) is 15.9 Å². The van der Waals surface area contributed by atoms with E-state index in [9.17, 15) is 9.90 Å². The predicted octanol–water partition coefficient (Wildman–Crippen LogP) is 6.66. The monoisotopic (exact) mass is 380 g/mol. The zero-order valence-electron chi connectivity index (χ0n) is 14.9. The van der Waals surface area contributed by atoms with E-state index >= 15 is 0 Å². The first-order valence-corrected chi connectivity index (χ1v) is 9.87. The van der Waals surface area contributed by atoms with Crippen LogP contribution in [0.15, 0.2) is 91.0 Å². The van der Waals surface area contributed by atoms with Crippen molar-refractivity contribution in [1.82, 2.24) is 0 Å². The Morgan fingerprint density at radius 3 is 2.21 bits per heavy atom. The number of ketones is 1. The number of hydrogen-bond acceptors (Lipinski definition) is 3. The molecule has 4 aromatic carbocycles. The van der Waals surface area contributed by atoms with E-state index in [0.717, 1.165) is 16.5 Å². The maximum atomic E-state index is 13.4. The first-order valence-electron chi connectivity index (χ1n) is 9.06. The molecule has 0 saturated heterocycles. The molecule has 1 aromatic heterocycles. The van der Waals surface area contributed by atoms with E-state index in [0.29, 0.717) is 11.1 Å². The van der Waals surface area contributed by atoms with E-state index in [1.807, 2.05) is 42.5 Å². The third-order valence-electron chi connectivity index (χ3n) is 4.98. The van der Waals surface area contributed by atoms with Crippen molar-refractivity contribution in [3.8, 4) is 16.9 Å². The van der Waals surface area contributed by atoms with Gasteiger partial charge in [0.25, 0.3) is 0 Å². The molecule has 28 heavy (non-hydrogen) atoms. The van der Waals surface area contributed by atoms with Crippen LogP contribution in [0.25, 0.3) is 31.3 Å². The van der Waals surface area contributed by atoms with E-state index < -0.39 is 0 Å². The van der Waals surface area contributed by atoms with Gasteiger partial charge in [-0.1, -0.05) is 48.5 Å². The third kappa shape index (κ3) is 2.68. The number of carbonyl (C=O) groups excluding carboxylic acids is 1. The molecule has 0 atom stereocenters. The van der Waals surface area contributed by atoms with Crippen LogP contribution in [0.3, 0.4) is 0 Å². The van der Waals surface area contributed by atoms with E-state index in [-0.39, 0.29) is 11.5 Å². The van der Waals surface area contributed by atoms with Crippen LogP contribution >= 0.6 is 11.3 Å². The van der Waals surface area contributed by atoms with Crippen LogP contribution in [-0.2, 0) is 0 Å². The SMILES string of the molecule is O=C(c1ccc(O)cc1)c1ccc2sc3ccccc3c2c1-c1ccccc1. The van der Waals surface area contributed by atoms with Gasteiger partial charge in [0.05, 0.1) is 0 Å². The number of benzene rings is 4. The lowest BCUT2D eigenvalue weighted by atomic mass is 9.90. The molecule has 5 aromatic rings. The standard InChI is InChI=1S/C25H16O2S/c26-18-12-10-17(11-13-18)25(27)20-14-15-22-24(19-8-4-5-9-21(19)28-22)23(20)16-6-2-1-3-7-16/h1-15,26H. The zero-order valence-corrected chi connectivity index (χ0v) is 15.7. The molecule has 0 unspecified atom stereocenters. The summed E-state index contributed by atoms with van der Waals surface area (Å²) in [6, 6.07) is 28.8. The summed E-state index contributed by atoms with van der Waals surface area (Å²) in [4.78, 5) is 13.4. The number of carbonyl (C=O) groups is 1. The number of phenols is 1. The van der Waals surface area contributed by atoms with Gasteiger partial charge in [-0.3, -0.25) is 4.79 Å². The minimum Gasteiger partial charge on any atom is -0.508 e. The lowest BCUT2D eigenvalue weighted by molar-refractivity contribution is 0.103. The lowest BCUT2D eigenvalue weighted by Crippen LogP contribution is -2.03. The first-order chi connectivity index (χ1) is 13.7. The number of aromatic hydroxyl groups is 1. The largest absolute Gasteiger partial charge is 0.508 e. The molecule has 2 nitrogen and oxygen atoms in total. The molecule has 0 fully saturated rings. The zero-order chi connectivity index (χ0) is 19.1. The van der Waals surface area contributed by atoms with Gasteiger partial charge < -0.3 is 5.11 Å². The highest BCUT2D eigenvalue weighted by Crippen LogP contribution is 2.42. The Morgan fingerprint density at radius 1 is 0.714 bits per heavy atom. The van der Waals surface area contributed by atoms with Gasteiger partial charge in [0, 0.05) is 36.9 Å². The number of thiophene rings is 1. The van der Waals surface area contributed by atoms with Crippen molar-refractivity contribution >= 4 is 37.3 Å². The normalized spacial score (nSPS) is 11.1. The molecular formula is C25H16O2S. The molecule has 0 spiro atoms. The topological polar surface area (TPSA) is 37.3 Å². The van der Waals surface area contributed by atoms with Crippen molar-refractivity contribution in [1.29, 1.82) is 0 Å². The Kier molecular flexibility index (Phi) is 3.96. The highest BCUT2D eigenvalue weighted by molar-refractivity contribution is 7.26. The minimum atomic E-state index is -0.0453. The van der Waals surface area contributed by atoms with Crippen molar-refractivity contribution in [2.75, 3.05) is 0 Å². The van der Waals surface area contributed by atoms with Gasteiger partial charge in [-0.25, -0.2) is 0 Å². The Balaban J connectivity index is 1.85. The molecule has 0 aliphatic carbocycles. The molecule has 0 aliphatic heterocycles. The molecule has 3 heteroatoms. The fourth-order valence-corrected chi connectivity index (χ4v) is 4.79. The smallest absolute Gasteiger partial charge is 0.193 e.